The second-order valence-corrected chi connectivity index (χ2v) is 13.4. The second kappa shape index (κ2) is 14.3. The number of carbonyl (C=O) groups is 2. The minimum absolute atomic E-state index is 0.0554. The molecule has 0 saturated heterocycles. The van der Waals surface area contributed by atoms with Gasteiger partial charge in [-0.3, -0.25) is 13.9 Å². The third kappa shape index (κ3) is 8.78. The van der Waals surface area contributed by atoms with E-state index < -0.39 is 28.5 Å². The van der Waals surface area contributed by atoms with Crippen molar-refractivity contribution >= 4 is 50.7 Å². The molecule has 9 nitrogen and oxygen atoms in total. The van der Waals surface area contributed by atoms with Gasteiger partial charge in [-0.2, -0.15) is 0 Å². The van der Waals surface area contributed by atoms with Gasteiger partial charge in [0.15, 0.2) is 11.5 Å². The van der Waals surface area contributed by atoms with Gasteiger partial charge < -0.3 is 19.7 Å². The van der Waals surface area contributed by atoms with Crippen LogP contribution in [0.5, 0.6) is 11.5 Å². The summed E-state index contributed by atoms with van der Waals surface area (Å²) in [5.41, 5.74) is 1.62. The summed E-state index contributed by atoms with van der Waals surface area (Å²) in [5.74, 6) is 0.0866. The molecule has 0 radical (unpaired) electrons. The van der Waals surface area contributed by atoms with Crippen molar-refractivity contribution in [1.29, 1.82) is 0 Å². The molecule has 1 unspecified atom stereocenters. The van der Waals surface area contributed by atoms with E-state index in [1.54, 1.807) is 30.3 Å². The molecule has 0 fully saturated rings. The first-order valence-corrected chi connectivity index (χ1v) is 16.4. The minimum Gasteiger partial charge on any atom is -0.486 e. The number of fused-ring (bicyclic) bond motifs is 1. The topological polar surface area (TPSA) is 105 Å². The van der Waals surface area contributed by atoms with Crippen molar-refractivity contribution in [3.8, 4) is 11.5 Å². The molecule has 2 amide bonds. The predicted octanol–water partition coefficient (Wildman–Crippen LogP) is 4.94. The van der Waals surface area contributed by atoms with Gasteiger partial charge in [-0.1, -0.05) is 73.4 Å². The highest BCUT2D eigenvalue weighted by Crippen LogP contribution is 2.35. The van der Waals surface area contributed by atoms with Crippen LogP contribution in [0.25, 0.3) is 0 Å². The fraction of sp³-hybridized carbons (Fsp3) is 0.355. The van der Waals surface area contributed by atoms with Gasteiger partial charge in [0, 0.05) is 35.6 Å². The zero-order valence-corrected chi connectivity index (χ0v) is 26.6. The van der Waals surface area contributed by atoms with Crippen LogP contribution in [0.1, 0.15) is 25.0 Å². The summed E-state index contributed by atoms with van der Waals surface area (Å²) in [7, 11) is -3.94. The fourth-order valence-electron chi connectivity index (χ4n) is 4.61. The molecule has 0 saturated carbocycles. The molecule has 43 heavy (non-hydrogen) atoms. The maximum absolute atomic E-state index is 14.2. The average Bonchev–Trinajstić information content (AvgIpc) is 2.97. The van der Waals surface area contributed by atoms with Gasteiger partial charge in [0.25, 0.3) is 0 Å². The molecule has 0 aliphatic carbocycles. The van der Waals surface area contributed by atoms with Crippen LogP contribution in [0.3, 0.4) is 0 Å². The summed E-state index contributed by atoms with van der Waals surface area (Å²) >= 11 is 12.6. The van der Waals surface area contributed by atoms with Gasteiger partial charge in [-0.25, -0.2) is 8.42 Å². The summed E-state index contributed by atoms with van der Waals surface area (Å²) < 4.78 is 38.3. The maximum Gasteiger partial charge on any atom is 0.244 e. The number of anilines is 1. The van der Waals surface area contributed by atoms with Crippen molar-refractivity contribution in [3.05, 3.63) is 87.9 Å². The van der Waals surface area contributed by atoms with Crippen LogP contribution in [-0.2, 0) is 32.6 Å². The van der Waals surface area contributed by atoms with Crippen molar-refractivity contribution in [2.75, 3.05) is 36.9 Å². The third-order valence-corrected chi connectivity index (χ3v) is 8.53. The minimum atomic E-state index is -3.94. The lowest BCUT2D eigenvalue weighted by molar-refractivity contribution is -0.140. The van der Waals surface area contributed by atoms with E-state index in [1.165, 1.54) is 11.0 Å². The number of nitrogens with one attached hydrogen (secondary N) is 1. The predicted molar refractivity (Wildman–Crippen MR) is 168 cm³/mol. The molecule has 3 aromatic carbocycles. The van der Waals surface area contributed by atoms with E-state index in [1.807, 2.05) is 44.2 Å². The Balaban J connectivity index is 1.74. The lowest BCUT2D eigenvalue weighted by atomic mass is 10.0. The number of benzene rings is 3. The summed E-state index contributed by atoms with van der Waals surface area (Å²) in [6.07, 6.45) is 1.22. The van der Waals surface area contributed by atoms with Crippen LogP contribution in [-0.4, -0.2) is 63.7 Å². The largest absolute Gasteiger partial charge is 0.486 e. The van der Waals surface area contributed by atoms with Crippen LogP contribution in [0.4, 0.5) is 5.69 Å². The first-order chi connectivity index (χ1) is 20.4. The first kappa shape index (κ1) is 32.4. The summed E-state index contributed by atoms with van der Waals surface area (Å²) in [6, 6.07) is 17.9. The van der Waals surface area contributed by atoms with Gasteiger partial charge in [0.1, 0.15) is 25.8 Å². The van der Waals surface area contributed by atoms with Gasteiger partial charge in [-0.15, -0.1) is 0 Å². The van der Waals surface area contributed by atoms with E-state index in [0.29, 0.717) is 46.9 Å². The number of ether oxygens (including phenoxy) is 2. The lowest BCUT2D eigenvalue weighted by Gasteiger charge is -2.34. The van der Waals surface area contributed by atoms with Crippen LogP contribution < -0.4 is 19.1 Å². The number of carbonyl (C=O) groups excluding carboxylic acids is 2. The Morgan fingerprint density at radius 2 is 1.65 bits per heavy atom. The van der Waals surface area contributed by atoms with E-state index in [0.717, 1.165) is 16.1 Å². The van der Waals surface area contributed by atoms with Crippen molar-refractivity contribution in [2.24, 2.45) is 5.92 Å². The van der Waals surface area contributed by atoms with Crippen molar-refractivity contribution in [2.45, 2.75) is 32.9 Å². The SMILES string of the molecule is CC(C)CNC(=O)C(Cc1ccccc1)N(Cc1ccc(Cl)cc1Cl)C(=O)CN(c1ccc2c(c1)OCCO2)S(C)(=O)=O. The van der Waals surface area contributed by atoms with Crippen molar-refractivity contribution in [3.63, 3.8) is 0 Å². The highest BCUT2D eigenvalue weighted by molar-refractivity contribution is 7.92. The van der Waals surface area contributed by atoms with E-state index in [9.17, 15) is 18.0 Å². The van der Waals surface area contributed by atoms with Gasteiger partial charge in [-0.05, 0) is 41.3 Å². The molecule has 4 rings (SSSR count). The van der Waals surface area contributed by atoms with Gasteiger partial charge >= 0.3 is 0 Å². The molecule has 1 atom stereocenters. The van der Waals surface area contributed by atoms with Crippen molar-refractivity contribution < 1.29 is 27.5 Å². The third-order valence-electron chi connectivity index (χ3n) is 6.80. The molecule has 1 N–H and O–H groups in total. The zero-order valence-electron chi connectivity index (χ0n) is 24.3. The smallest absolute Gasteiger partial charge is 0.244 e. The first-order valence-electron chi connectivity index (χ1n) is 13.8. The van der Waals surface area contributed by atoms with Gasteiger partial charge in [0.05, 0.1) is 11.9 Å². The standard InChI is InChI=1S/C31H35Cl2N3O6S/c1-21(2)18-34-31(38)27(15-22-7-5-4-6-8-22)35(19-23-9-10-24(32)16-26(23)33)30(37)20-36(43(3,39)40)25-11-12-28-29(17-25)42-14-13-41-28/h4-12,16-17,21,27H,13-15,18-20H2,1-3H3,(H,34,38). The van der Waals surface area contributed by atoms with Crippen LogP contribution in [0, 0.1) is 5.92 Å². The van der Waals surface area contributed by atoms with E-state index in [4.69, 9.17) is 32.7 Å². The second-order valence-electron chi connectivity index (χ2n) is 10.7. The summed E-state index contributed by atoms with van der Waals surface area (Å²) in [5, 5.41) is 3.69. The lowest BCUT2D eigenvalue weighted by Crippen LogP contribution is -2.53. The van der Waals surface area contributed by atoms with E-state index in [2.05, 4.69) is 5.32 Å². The monoisotopic (exact) mass is 647 g/mol. The maximum atomic E-state index is 14.2. The molecule has 1 aliphatic heterocycles. The summed E-state index contributed by atoms with van der Waals surface area (Å²) in [6.45, 7) is 4.43. The molecule has 1 aliphatic rings. The Morgan fingerprint density at radius 3 is 2.30 bits per heavy atom. The molecule has 1 heterocycles. The Kier molecular flexibility index (Phi) is 10.8. The highest BCUT2D eigenvalue weighted by atomic mass is 35.5. The molecule has 0 bridgehead atoms. The number of sulfonamides is 1. The molecular weight excluding hydrogens is 613 g/mol. The average molecular weight is 649 g/mol. The van der Waals surface area contributed by atoms with E-state index >= 15 is 0 Å². The zero-order chi connectivity index (χ0) is 31.1. The number of rotatable bonds is 12. The van der Waals surface area contributed by atoms with Crippen LogP contribution in [0.15, 0.2) is 66.7 Å². The fourth-order valence-corrected chi connectivity index (χ4v) is 5.92. The Labute approximate surface area is 262 Å². The van der Waals surface area contributed by atoms with Crippen LogP contribution >= 0.6 is 23.2 Å². The van der Waals surface area contributed by atoms with Crippen molar-refractivity contribution in [1.82, 2.24) is 10.2 Å². The number of hydrogen-bond donors (Lipinski definition) is 1. The molecule has 230 valence electrons. The Bertz CT molecular complexity index is 1550. The molecule has 3 aromatic rings. The Hall–Kier alpha value is -3.47. The quantitative estimate of drug-likeness (QED) is 0.298. The highest BCUT2D eigenvalue weighted by Gasteiger charge is 2.33. The number of hydrogen-bond acceptors (Lipinski definition) is 6. The van der Waals surface area contributed by atoms with Gasteiger partial charge in [0.2, 0.25) is 21.8 Å². The summed E-state index contributed by atoms with van der Waals surface area (Å²) in [4.78, 5) is 29.3. The molecular formula is C31H35Cl2N3O6S. The molecule has 0 aromatic heterocycles. The molecule has 12 heteroatoms. The normalized spacial score (nSPS) is 13.3. The Morgan fingerprint density at radius 1 is 0.953 bits per heavy atom. The number of halogens is 2. The number of nitrogens with zero attached hydrogens (tertiary/aromatic N) is 2. The van der Waals surface area contributed by atoms with E-state index in [-0.39, 0.29) is 30.5 Å². The molecule has 0 spiro atoms. The number of amides is 2. The van der Waals surface area contributed by atoms with Crippen LogP contribution in [0.2, 0.25) is 10.0 Å².